The number of carbonyl (C=O) groups excluding carboxylic acids is 1. The van der Waals surface area contributed by atoms with Crippen molar-refractivity contribution >= 4 is 28.1 Å². The third kappa shape index (κ3) is 2.22. The van der Waals surface area contributed by atoms with Crippen LogP contribution in [0.15, 0.2) is 12.1 Å². The van der Waals surface area contributed by atoms with Gasteiger partial charge in [0, 0.05) is 47.4 Å². The summed E-state index contributed by atoms with van der Waals surface area (Å²) in [4.78, 5) is 13.5. The van der Waals surface area contributed by atoms with Crippen LogP contribution in [0.2, 0.25) is 0 Å². The van der Waals surface area contributed by atoms with Crippen LogP contribution in [0.25, 0.3) is 0 Å². The number of carbonyl (C=O) groups is 1. The van der Waals surface area contributed by atoms with E-state index in [1.54, 1.807) is 4.90 Å². The van der Waals surface area contributed by atoms with Gasteiger partial charge in [-0.2, -0.15) is 0 Å². The highest BCUT2D eigenvalue weighted by molar-refractivity contribution is 7.85. The SMILES string of the molecule is O=C1CC2CS(=O)CCN2c2cc(F)cc(F)c2N1. The Hall–Kier alpha value is -1.50. The predicted octanol–water partition coefficient (Wildman–Crippen LogP) is 1.24. The first-order valence-electron chi connectivity index (χ1n) is 5.95. The van der Waals surface area contributed by atoms with Crippen molar-refractivity contribution in [3.05, 3.63) is 23.8 Å². The van der Waals surface area contributed by atoms with Crippen LogP contribution in [0.5, 0.6) is 0 Å². The predicted molar refractivity (Wildman–Crippen MR) is 68.6 cm³/mol. The highest BCUT2D eigenvalue weighted by atomic mass is 32.2. The smallest absolute Gasteiger partial charge is 0.226 e. The number of benzene rings is 1. The number of nitrogens with zero attached hydrogens (tertiary/aromatic N) is 1. The molecule has 0 spiro atoms. The van der Waals surface area contributed by atoms with E-state index in [-0.39, 0.29) is 24.1 Å². The van der Waals surface area contributed by atoms with Gasteiger partial charge >= 0.3 is 0 Å². The summed E-state index contributed by atoms with van der Waals surface area (Å²) in [7, 11) is -0.978. The maximum atomic E-state index is 13.8. The molecule has 2 heterocycles. The van der Waals surface area contributed by atoms with Crippen molar-refractivity contribution in [3.63, 3.8) is 0 Å². The first-order valence-corrected chi connectivity index (χ1v) is 7.44. The van der Waals surface area contributed by atoms with Crippen molar-refractivity contribution in [1.82, 2.24) is 0 Å². The zero-order chi connectivity index (χ0) is 13.6. The van der Waals surface area contributed by atoms with Crippen LogP contribution >= 0.6 is 0 Å². The first-order chi connectivity index (χ1) is 9.04. The van der Waals surface area contributed by atoms with Gasteiger partial charge in [-0.3, -0.25) is 9.00 Å². The quantitative estimate of drug-likeness (QED) is 0.781. The second kappa shape index (κ2) is 4.56. The number of hydrogen-bond acceptors (Lipinski definition) is 3. The Bertz CT molecular complexity index is 579. The fourth-order valence-corrected chi connectivity index (χ4v) is 3.87. The molecule has 0 saturated carbocycles. The average Bonchev–Trinajstić information content (AvgIpc) is 2.45. The second-order valence-corrected chi connectivity index (χ2v) is 6.31. The van der Waals surface area contributed by atoms with E-state index in [0.29, 0.717) is 23.7 Å². The largest absolute Gasteiger partial charge is 0.364 e. The lowest BCUT2D eigenvalue weighted by Crippen LogP contribution is -2.47. The van der Waals surface area contributed by atoms with E-state index in [1.165, 1.54) is 6.07 Å². The lowest BCUT2D eigenvalue weighted by molar-refractivity contribution is -0.116. The second-order valence-electron chi connectivity index (χ2n) is 4.69. The van der Waals surface area contributed by atoms with Crippen LogP contribution in [-0.2, 0) is 15.6 Å². The van der Waals surface area contributed by atoms with Gasteiger partial charge in [0.2, 0.25) is 5.91 Å². The molecule has 2 unspecified atom stereocenters. The maximum absolute atomic E-state index is 13.8. The van der Waals surface area contributed by atoms with Gasteiger partial charge in [-0.25, -0.2) is 8.78 Å². The molecule has 1 N–H and O–H groups in total. The molecule has 1 amide bonds. The number of nitrogens with one attached hydrogen (secondary N) is 1. The summed E-state index contributed by atoms with van der Waals surface area (Å²) < 4.78 is 38.7. The zero-order valence-electron chi connectivity index (χ0n) is 9.99. The van der Waals surface area contributed by atoms with Crippen LogP contribution in [0.4, 0.5) is 20.2 Å². The molecule has 102 valence electrons. The van der Waals surface area contributed by atoms with Gasteiger partial charge in [0.15, 0.2) is 5.82 Å². The van der Waals surface area contributed by atoms with Crippen LogP contribution in [0, 0.1) is 11.6 Å². The van der Waals surface area contributed by atoms with E-state index < -0.39 is 22.4 Å². The number of anilines is 2. The normalized spacial score (nSPS) is 26.2. The standard InChI is InChI=1S/C12H12F2N2O2S/c13-7-3-9(14)12-10(4-7)16-1-2-19(18)6-8(16)5-11(17)15-12/h3-4,8H,1-2,5-6H2,(H,15,17). The fraction of sp³-hybridized carbons (Fsp3) is 0.417. The van der Waals surface area contributed by atoms with E-state index >= 15 is 0 Å². The van der Waals surface area contributed by atoms with Crippen molar-refractivity contribution in [2.75, 3.05) is 28.3 Å². The van der Waals surface area contributed by atoms with Crippen LogP contribution in [0.1, 0.15) is 6.42 Å². The summed E-state index contributed by atoms with van der Waals surface area (Å²) in [6.07, 6.45) is 0.140. The first kappa shape index (κ1) is 12.5. The lowest BCUT2D eigenvalue weighted by Gasteiger charge is -2.35. The molecule has 2 aliphatic heterocycles. The topological polar surface area (TPSA) is 49.4 Å². The highest BCUT2D eigenvalue weighted by Crippen LogP contribution is 2.35. The molecular weight excluding hydrogens is 274 g/mol. The molecule has 0 bridgehead atoms. The summed E-state index contributed by atoms with van der Waals surface area (Å²) >= 11 is 0. The molecule has 4 nitrogen and oxygen atoms in total. The number of rotatable bonds is 0. The molecule has 1 aromatic rings. The molecule has 1 saturated heterocycles. The molecule has 0 aromatic heterocycles. The summed E-state index contributed by atoms with van der Waals surface area (Å²) in [5.41, 5.74) is 0.353. The van der Waals surface area contributed by atoms with Gasteiger partial charge in [0.25, 0.3) is 0 Å². The molecule has 19 heavy (non-hydrogen) atoms. The third-order valence-electron chi connectivity index (χ3n) is 3.41. The minimum absolute atomic E-state index is 0.0154. The Morgan fingerprint density at radius 3 is 2.95 bits per heavy atom. The summed E-state index contributed by atoms with van der Waals surface area (Å²) in [5, 5.41) is 2.47. The minimum Gasteiger partial charge on any atom is -0.364 e. The van der Waals surface area contributed by atoms with Gasteiger partial charge in [0.1, 0.15) is 11.5 Å². The van der Waals surface area contributed by atoms with Crippen molar-refractivity contribution in [3.8, 4) is 0 Å². The maximum Gasteiger partial charge on any atom is 0.226 e. The van der Waals surface area contributed by atoms with E-state index in [0.717, 1.165) is 6.07 Å². The van der Waals surface area contributed by atoms with Crippen LogP contribution in [0.3, 0.4) is 0 Å². The van der Waals surface area contributed by atoms with Gasteiger partial charge in [-0.05, 0) is 6.07 Å². The number of amides is 1. The van der Waals surface area contributed by atoms with Crippen LogP contribution < -0.4 is 10.2 Å². The Labute approximate surface area is 111 Å². The lowest BCUT2D eigenvalue weighted by atomic mass is 10.1. The number of halogens is 2. The van der Waals surface area contributed by atoms with Gasteiger partial charge in [-0.15, -0.1) is 0 Å². The summed E-state index contributed by atoms with van der Waals surface area (Å²) in [6, 6.07) is 1.70. The van der Waals surface area contributed by atoms with Gasteiger partial charge in [-0.1, -0.05) is 0 Å². The summed E-state index contributed by atoms with van der Waals surface area (Å²) in [5.74, 6) is -1.00. The Kier molecular flexibility index (Phi) is 3.00. The minimum atomic E-state index is -0.978. The molecule has 2 aliphatic rings. The van der Waals surface area contributed by atoms with Crippen molar-refractivity contribution in [1.29, 1.82) is 0 Å². The van der Waals surface area contributed by atoms with Crippen molar-refractivity contribution < 1.29 is 17.8 Å². The van der Waals surface area contributed by atoms with Crippen molar-refractivity contribution in [2.24, 2.45) is 0 Å². The third-order valence-corrected chi connectivity index (χ3v) is 4.80. The van der Waals surface area contributed by atoms with Crippen molar-refractivity contribution in [2.45, 2.75) is 12.5 Å². The van der Waals surface area contributed by atoms with E-state index in [1.807, 2.05) is 0 Å². The Morgan fingerprint density at radius 1 is 1.37 bits per heavy atom. The van der Waals surface area contributed by atoms with E-state index in [2.05, 4.69) is 5.32 Å². The van der Waals surface area contributed by atoms with Crippen LogP contribution in [-0.4, -0.2) is 34.2 Å². The molecule has 1 aromatic carbocycles. The zero-order valence-corrected chi connectivity index (χ0v) is 10.8. The fourth-order valence-electron chi connectivity index (χ4n) is 2.57. The molecule has 0 radical (unpaired) electrons. The molecule has 7 heteroatoms. The molecule has 2 atom stereocenters. The monoisotopic (exact) mass is 286 g/mol. The molecule has 0 aliphatic carbocycles. The average molecular weight is 286 g/mol. The van der Waals surface area contributed by atoms with E-state index in [9.17, 15) is 17.8 Å². The molecule has 3 rings (SSSR count). The molecule has 1 fully saturated rings. The van der Waals surface area contributed by atoms with Gasteiger partial charge < -0.3 is 10.2 Å². The van der Waals surface area contributed by atoms with E-state index in [4.69, 9.17) is 0 Å². The summed E-state index contributed by atoms with van der Waals surface area (Å²) in [6.45, 7) is 0.433. The van der Waals surface area contributed by atoms with Gasteiger partial charge in [0.05, 0.1) is 5.69 Å². The number of hydrogen-bond donors (Lipinski definition) is 1. The Morgan fingerprint density at radius 2 is 2.16 bits per heavy atom. The number of fused-ring (bicyclic) bond motifs is 3. The Balaban J connectivity index is 2.11. The molecular formula is C12H12F2N2O2S. The highest BCUT2D eigenvalue weighted by Gasteiger charge is 2.34.